The van der Waals surface area contributed by atoms with Crippen molar-refractivity contribution in [2.45, 2.75) is 25.7 Å². The summed E-state index contributed by atoms with van der Waals surface area (Å²) in [6, 6.07) is 4.07. The summed E-state index contributed by atoms with van der Waals surface area (Å²) in [6.07, 6.45) is 3.73. The summed E-state index contributed by atoms with van der Waals surface area (Å²) in [7, 11) is -3.37. The van der Waals surface area contributed by atoms with Crippen LogP contribution in [0.15, 0.2) is 18.3 Å². The van der Waals surface area contributed by atoms with Crippen LogP contribution in [0.5, 0.6) is 0 Å². The summed E-state index contributed by atoms with van der Waals surface area (Å²) < 4.78 is 34.0. The molecule has 0 aromatic carbocycles. The second-order valence-electron chi connectivity index (χ2n) is 5.95. The van der Waals surface area contributed by atoms with Crippen molar-refractivity contribution in [1.29, 1.82) is 0 Å². The highest BCUT2D eigenvalue weighted by atomic mass is 32.2. The van der Waals surface area contributed by atoms with E-state index < -0.39 is 10.2 Å². The molecule has 0 bridgehead atoms. The Morgan fingerprint density at radius 2 is 2.00 bits per heavy atom. The fraction of sp³-hybridized carbons (Fsp3) is 0.667. The van der Waals surface area contributed by atoms with Gasteiger partial charge in [-0.25, -0.2) is 0 Å². The Balaban J connectivity index is 1.75. The molecule has 0 amide bonds. The van der Waals surface area contributed by atoms with E-state index in [1.165, 1.54) is 5.56 Å². The van der Waals surface area contributed by atoms with Gasteiger partial charge in [-0.2, -0.15) is 17.0 Å². The van der Waals surface area contributed by atoms with Gasteiger partial charge in [0.05, 0.1) is 13.2 Å². The van der Waals surface area contributed by atoms with Crippen molar-refractivity contribution in [3.05, 3.63) is 29.6 Å². The molecule has 0 aliphatic carbocycles. The molecule has 1 aromatic heterocycles. The van der Waals surface area contributed by atoms with Gasteiger partial charge in [-0.1, -0.05) is 0 Å². The van der Waals surface area contributed by atoms with Gasteiger partial charge in [0.2, 0.25) is 0 Å². The lowest BCUT2D eigenvalue weighted by molar-refractivity contribution is 0.0695. The van der Waals surface area contributed by atoms with Gasteiger partial charge >= 0.3 is 0 Å². The Labute approximate surface area is 132 Å². The van der Waals surface area contributed by atoms with E-state index in [1.54, 1.807) is 14.8 Å². The van der Waals surface area contributed by atoms with E-state index in [4.69, 9.17) is 4.74 Å². The first kappa shape index (κ1) is 15.9. The first-order chi connectivity index (χ1) is 10.6. The molecule has 7 heteroatoms. The van der Waals surface area contributed by atoms with Crippen LogP contribution < -0.4 is 0 Å². The minimum Gasteiger partial charge on any atom is -0.379 e. The maximum Gasteiger partial charge on any atom is 0.282 e. The number of aromatic nitrogens is 1. The summed E-state index contributed by atoms with van der Waals surface area (Å²) in [6.45, 7) is 5.02. The lowest BCUT2D eigenvalue weighted by Crippen LogP contribution is -2.51. The number of rotatable bonds is 3. The molecule has 1 atom stereocenters. The van der Waals surface area contributed by atoms with Gasteiger partial charge in [-0.05, 0) is 43.4 Å². The topological polar surface area (TPSA) is 62.7 Å². The Kier molecular flexibility index (Phi) is 4.77. The molecule has 3 rings (SSSR count). The van der Waals surface area contributed by atoms with Crippen molar-refractivity contribution in [3.63, 3.8) is 0 Å². The molecule has 122 valence electrons. The fourth-order valence-corrected chi connectivity index (χ4v) is 4.85. The van der Waals surface area contributed by atoms with Gasteiger partial charge in [0.1, 0.15) is 0 Å². The Morgan fingerprint density at radius 1 is 1.23 bits per heavy atom. The molecule has 1 aromatic rings. The van der Waals surface area contributed by atoms with Crippen LogP contribution in [0.4, 0.5) is 0 Å². The molecule has 2 aliphatic heterocycles. The molecule has 1 unspecified atom stereocenters. The average molecular weight is 325 g/mol. The molecule has 0 saturated carbocycles. The van der Waals surface area contributed by atoms with E-state index in [2.05, 4.69) is 11.1 Å². The zero-order valence-electron chi connectivity index (χ0n) is 12.9. The van der Waals surface area contributed by atoms with Crippen molar-refractivity contribution in [2.75, 3.05) is 39.4 Å². The summed E-state index contributed by atoms with van der Waals surface area (Å²) in [4.78, 5) is 4.22. The molecule has 22 heavy (non-hydrogen) atoms. The van der Waals surface area contributed by atoms with Crippen LogP contribution in [0.1, 0.15) is 30.0 Å². The third-order valence-electron chi connectivity index (χ3n) is 4.40. The van der Waals surface area contributed by atoms with Crippen molar-refractivity contribution in [2.24, 2.45) is 0 Å². The highest BCUT2D eigenvalue weighted by molar-refractivity contribution is 7.86. The molecule has 0 spiro atoms. The van der Waals surface area contributed by atoms with Gasteiger partial charge in [0.15, 0.2) is 0 Å². The minimum atomic E-state index is -3.37. The van der Waals surface area contributed by atoms with Crippen LogP contribution in [0, 0.1) is 6.92 Å². The SMILES string of the molecule is Cc1cc(C2CCCN(S(=O)(=O)N3CCOCC3)C2)ccn1. The molecular formula is C15H23N3O3S. The smallest absolute Gasteiger partial charge is 0.282 e. The van der Waals surface area contributed by atoms with Crippen LogP contribution in [0.3, 0.4) is 0 Å². The third-order valence-corrected chi connectivity index (χ3v) is 6.40. The van der Waals surface area contributed by atoms with Crippen LogP contribution >= 0.6 is 0 Å². The normalized spacial score (nSPS) is 25.2. The van der Waals surface area contributed by atoms with Crippen molar-refractivity contribution >= 4 is 10.2 Å². The van der Waals surface area contributed by atoms with Gasteiger partial charge in [0, 0.05) is 38.1 Å². The first-order valence-corrected chi connectivity index (χ1v) is 9.22. The summed E-state index contributed by atoms with van der Waals surface area (Å²) >= 11 is 0. The van der Waals surface area contributed by atoms with E-state index in [1.807, 2.05) is 13.0 Å². The summed E-state index contributed by atoms with van der Waals surface area (Å²) in [5.41, 5.74) is 2.17. The van der Waals surface area contributed by atoms with Crippen molar-refractivity contribution in [3.8, 4) is 0 Å². The predicted octanol–water partition coefficient (Wildman–Crippen LogP) is 1.15. The molecule has 2 fully saturated rings. The predicted molar refractivity (Wildman–Crippen MR) is 83.8 cm³/mol. The van der Waals surface area contributed by atoms with Gasteiger partial charge in [0.25, 0.3) is 10.2 Å². The number of morpholine rings is 1. The lowest BCUT2D eigenvalue weighted by atomic mass is 9.92. The van der Waals surface area contributed by atoms with E-state index in [-0.39, 0.29) is 5.92 Å². The largest absolute Gasteiger partial charge is 0.379 e. The number of nitrogens with zero attached hydrogens (tertiary/aromatic N) is 3. The van der Waals surface area contributed by atoms with Crippen molar-refractivity contribution in [1.82, 2.24) is 13.6 Å². The van der Waals surface area contributed by atoms with Crippen LogP contribution in [-0.4, -0.2) is 61.4 Å². The molecule has 6 nitrogen and oxygen atoms in total. The number of hydrogen-bond acceptors (Lipinski definition) is 4. The van der Waals surface area contributed by atoms with E-state index in [0.717, 1.165) is 18.5 Å². The van der Waals surface area contributed by atoms with Gasteiger partial charge < -0.3 is 4.74 Å². The molecule has 3 heterocycles. The maximum atomic E-state index is 12.8. The summed E-state index contributed by atoms with van der Waals surface area (Å²) in [5.74, 6) is 0.256. The Hall–Kier alpha value is -1.02. The quantitative estimate of drug-likeness (QED) is 0.836. The molecular weight excluding hydrogens is 302 g/mol. The fourth-order valence-electron chi connectivity index (χ4n) is 3.19. The van der Waals surface area contributed by atoms with Crippen LogP contribution in [-0.2, 0) is 14.9 Å². The van der Waals surface area contributed by atoms with E-state index in [9.17, 15) is 8.42 Å². The number of aryl methyl sites for hydroxylation is 1. The maximum absolute atomic E-state index is 12.8. The van der Waals surface area contributed by atoms with Gasteiger partial charge in [-0.15, -0.1) is 0 Å². The third kappa shape index (κ3) is 3.32. The molecule has 0 radical (unpaired) electrons. The van der Waals surface area contributed by atoms with Crippen LogP contribution in [0.25, 0.3) is 0 Å². The minimum absolute atomic E-state index is 0.256. The monoisotopic (exact) mass is 325 g/mol. The zero-order chi connectivity index (χ0) is 15.6. The number of ether oxygens (including phenoxy) is 1. The van der Waals surface area contributed by atoms with Gasteiger partial charge in [-0.3, -0.25) is 4.98 Å². The highest BCUT2D eigenvalue weighted by Gasteiger charge is 2.34. The molecule has 2 saturated heterocycles. The zero-order valence-corrected chi connectivity index (χ0v) is 13.8. The second kappa shape index (κ2) is 6.62. The number of hydrogen-bond donors (Lipinski definition) is 0. The molecule has 0 N–H and O–H groups in total. The number of piperidine rings is 1. The Morgan fingerprint density at radius 3 is 2.73 bits per heavy atom. The lowest BCUT2D eigenvalue weighted by Gasteiger charge is -2.36. The number of pyridine rings is 1. The summed E-state index contributed by atoms with van der Waals surface area (Å²) in [5, 5.41) is 0. The second-order valence-corrected chi connectivity index (χ2v) is 7.88. The Bertz CT molecular complexity index is 614. The average Bonchev–Trinajstić information content (AvgIpc) is 2.56. The highest BCUT2D eigenvalue weighted by Crippen LogP contribution is 2.29. The standard InChI is InChI=1S/C15H23N3O3S/c1-13-11-14(4-5-16-13)15-3-2-6-18(12-15)22(19,20)17-7-9-21-10-8-17/h4-5,11,15H,2-3,6-10,12H2,1H3. The molecule has 2 aliphatic rings. The van der Waals surface area contributed by atoms with Crippen LogP contribution in [0.2, 0.25) is 0 Å². The van der Waals surface area contributed by atoms with E-state index in [0.29, 0.717) is 39.4 Å². The van der Waals surface area contributed by atoms with Crippen molar-refractivity contribution < 1.29 is 13.2 Å². The van der Waals surface area contributed by atoms with E-state index >= 15 is 0 Å². The first-order valence-electron chi connectivity index (χ1n) is 7.83.